The summed E-state index contributed by atoms with van der Waals surface area (Å²) in [5.74, 6) is -0.188. The molecule has 0 bridgehead atoms. The minimum atomic E-state index is -0.188. The van der Waals surface area contributed by atoms with Crippen molar-refractivity contribution in [2.24, 2.45) is 0 Å². The molecule has 2 aliphatic heterocycles. The second kappa shape index (κ2) is 6.12. The molecule has 1 N–H and O–H groups in total. The summed E-state index contributed by atoms with van der Waals surface area (Å²) in [6.45, 7) is 4.68. The number of nitrogens with one attached hydrogen (secondary N) is 1. The van der Waals surface area contributed by atoms with Crippen LogP contribution in [0, 0.1) is 5.82 Å². The standard InChI is InChI=1S/C16H22BrFN2/c1-11(15-5-4-12(18)9-16(15)17)19-13-6-8-20-7-2-3-14(20)10-13/h4-5,9,11,13-14,19H,2-3,6-8,10H2,1H3. The predicted molar refractivity (Wildman–Crippen MR) is 83.3 cm³/mol. The Labute approximate surface area is 128 Å². The summed E-state index contributed by atoms with van der Waals surface area (Å²) in [5.41, 5.74) is 1.14. The van der Waals surface area contributed by atoms with Crippen molar-refractivity contribution in [3.8, 4) is 0 Å². The summed E-state index contributed by atoms with van der Waals surface area (Å²) in [7, 11) is 0. The van der Waals surface area contributed by atoms with Gasteiger partial charge < -0.3 is 10.2 Å². The van der Waals surface area contributed by atoms with Gasteiger partial charge in [-0.1, -0.05) is 22.0 Å². The summed E-state index contributed by atoms with van der Waals surface area (Å²) in [6, 6.07) is 6.58. The lowest BCUT2D eigenvalue weighted by Gasteiger charge is -2.36. The fourth-order valence-electron chi connectivity index (χ4n) is 3.67. The lowest BCUT2D eigenvalue weighted by molar-refractivity contribution is 0.162. The molecule has 0 aliphatic carbocycles. The lowest BCUT2D eigenvalue weighted by atomic mass is 9.96. The summed E-state index contributed by atoms with van der Waals surface area (Å²) in [6.07, 6.45) is 5.19. The van der Waals surface area contributed by atoms with Crippen LogP contribution >= 0.6 is 15.9 Å². The summed E-state index contributed by atoms with van der Waals surface area (Å²) in [4.78, 5) is 2.64. The minimum Gasteiger partial charge on any atom is -0.307 e. The fourth-order valence-corrected chi connectivity index (χ4v) is 4.37. The Morgan fingerprint density at radius 2 is 2.20 bits per heavy atom. The molecule has 3 rings (SSSR count). The van der Waals surface area contributed by atoms with E-state index in [1.165, 1.54) is 44.8 Å². The van der Waals surface area contributed by atoms with Crippen molar-refractivity contribution >= 4 is 15.9 Å². The third-order valence-electron chi connectivity index (χ3n) is 4.74. The van der Waals surface area contributed by atoms with E-state index in [1.807, 2.05) is 6.07 Å². The molecule has 2 aliphatic rings. The number of fused-ring (bicyclic) bond motifs is 1. The maximum Gasteiger partial charge on any atom is 0.124 e. The number of hydrogen-bond acceptors (Lipinski definition) is 2. The van der Waals surface area contributed by atoms with Crippen molar-refractivity contribution in [3.05, 3.63) is 34.1 Å². The number of nitrogens with zero attached hydrogens (tertiary/aromatic N) is 1. The van der Waals surface area contributed by atoms with Crippen LogP contribution in [0.2, 0.25) is 0 Å². The Bertz CT molecular complexity index is 480. The molecule has 0 amide bonds. The Morgan fingerprint density at radius 1 is 1.35 bits per heavy atom. The average molecular weight is 341 g/mol. The van der Waals surface area contributed by atoms with Gasteiger partial charge >= 0.3 is 0 Å². The number of hydrogen-bond donors (Lipinski definition) is 1. The van der Waals surface area contributed by atoms with Gasteiger partial charge in [-0.2, -0.15) is 0 Å². The molecule has 2 fully saturated rings. The fraction of sp³-hybridized carbons (Fsp3) is 0.625. The molecular weight excluding hydrogens is 319 g/mol. The maximum atomic E-state index is 13.2. The van der Waals surface area contributed by atoms with Crippen molar-refractivity contribution in [2.45, 2.75) is 50.7 Å². The first-order valence-electron chi connectivity index (χ1n) is 7.58. The molecule has 0 aromatic heterocycles. The number of rotatable bonds is 3. The van der Waals surface area contributed by atoms with Crippen molar-refractivity contribution in [2.75, 3.05) is 13.1 Å². The monoisotopic (exact) mass is 340 g/mol. The maximum absolute atomic E-state index is 13.2. The highest BCUT2D eigenvalue weighted by molar-refractivity contribution is 9.10. The highest BCUT2D eigenvalue weighted by Gasteiger charge is 2.32. The molecule has 2 nitrogen and oxygen atoms in total. The minimum absolute atomic E-state index is 0.188. The first kappa shape index (κ1) is 14.5. The molecule has 1 aromatic carbocycles. The highest BCUT2D eigenvalue weighted by Crippen LogP contribution is 2.29. The van der Waals surface area contributed by atoms with E-state index in [-0.39, 0.29) is 11.9 Å². The van der Waals surface area contributed by atoms with Gasteiger partial charge in [0, 0.05) is 22.6 Å². The normalized spacial score (nSPS) is 28.4. The van der Waals surface area contributed by atoms with Crippen LogP contribution < -0.4 is 5.32 Å². The van der Waals surface area contributed by atoms with E-state index in [2.05, 4.69) is 33.1 Å². The molecule has 20 heavy (non-hydrogen) atoms. The first-order valence-corrected chi connectivity index (χ1v) is 8.38. The van der Waals surface area contributed by atoms with Gasteiger partial charge in [0.15, 0.2) is 0 Å². The van der Waals surface area contributed by atoms with Gasteiger partial charge in [0.25, 0.3) is 0 Å². The van der Waals surface area contributed by atoms with Gasteiger partial charge in [-0.3, -0.25) is 0 Å². The number of piperidine rings is 1. The summed E-state index contributed by atoms with van der Waals surface area (Å²) < 4.78 is 14.0. The second-order valence-electron chi connectivity index (χ2n) is 6.11. The number of benzene rings is 1. The van der Waals surface area contributed by atoms with E-state index in [9.17, 15) is 4.39 Å². The Kier molecular flexibility index (Phi) is 4.43. The largest absolute Gasteiger partial charge is 0.307 e. The Balaban J connectivity index is 1.62. The molecule has 3 unspecified atom stereocenters. The highest BCUT2D eigenvalue weighted by atomic mass is 79.9. The summed E-state index contributed by atoms with van der Waals surface area (Å²) >= 11 is 3.47. The van der Waals surface area contributed by atoms with Crippen LogP contribution in [0.3, 0.4) is 0 Å². The zero-order valence-electron chi connectivity index (χ0n) is 11.9. The van der Waals surface area contributed by atoms with Gasteiger partial charge in [0.1, 0.15) is 5.82 Å². The van der Waals surface area contributed by atoms with Gasteiger partial charge in [-0.15, -0.1) is 0 Å². The van der Waals surface area contributed by atoms with Crippen LogP contribution in [-0.2, 0) is 0 Å². The SMILES string of the molecule is CC(NC1CCN2CCCC2C1)c1ccc(F)cc1Br. The quantitative estimate of drug-likeness (QED) is 0.898. The molecule has 2 saturated heterocycles. The number of halogens is 2. The first-order chi connectivity index (χ1) is 9.63. The zero-order valence-corrected chi connectivity index (χ0v) is 13.5. The van der Waals surface area contributed by atoms with E-state index in [1.54, 1.807) is 6.07 Å². The Morgan fingerprint density at radius 3 is 3.00 bits per heavy atom. The Hall–Kier alpha value is -0.450. The van der Waals surface area contributed by atoms with E-state index in [4.69, 9.17) is 0 Å². The second-order valence-corrected chi connectivity index (χ2v) is 6.96. The molecule has 1 aromatic rings. The van der Waals surface area contributed by atoms with Gasteiger partial charge in [0.05, 0.1) is 0 Å². The molecule has 110 valence electrons. The van der Waals surface area contributed by atoms with E-state index in [0.29, 0.717) is 6.04 Å². The molecule has 0 radical (unpaired) electrons. The third-order valence-corrected chi connectivity index (χ3v) is 5.42. The molecule has 0 saturated carbocycles. The van der Waals surface area contributed by atoms with Crippen LogP contribution in [0.5, 0.6) is 0 Å². The third kappa shape index (κ3) is 3.07. The van der Waals surface area contributed by atoms with E-state index >= 15 is 0 Å². The predicted octanol–water partition coefficient (Wildman–Crippen LogP) is 3.87. The van der Waals surface area contributed by atoms with Gasteiger partial charge in [0.2, 0.25) is 0 Å². The van der Waals surface area contributed by atoms with Crippen molar-refractivity contribution < 1.29 is 4.39 Å². The molecule has 3 atom stereocenters. The van der Waals surface area contributed by atoms with Gasteiger partial charge in [-0.05, 0) is 63.4 Å². The summed E-state index contributed by atoms with van der Waals surface area (Å²) in [5, 5.41) is 3.73. The van der Waals surface area contributed by atoms with Crippen molar-refractivity contribution in [1.82, 2.24) is 10.2 Å². The van der Waals surface area contributed by atoms with Gasteiger partial charge in [-0.25, -0.2) is 4.39 Å². The van der Waals surface area contributed by atoms with Crippen LogP contribution in [0.1, 0.15) is 44.2 Å². The van der Waals surface area contributed by atoms with Crippen molar-refractivity contribution in [1.29, 1.82) is 0 Å². The van der Waals surface area contributed by atoms with Crippen LogP contribution in [0.25, 0.3) is 0 Å². The molecule has 4 heteroatoms. The molecule has 0 spiro atoms. The van der Waals surface area contributed by atoms with Crippen LogP contribution in [0.15, 0.2) is 22.7 Å². The van der Waals surface area contributed by atoms with E-state index < -0.39 is 0 Å². The average Bonchev–Trinajstić information content (AvgIpc) is 2.85. The molecular formula is C16H22BrFN2. The van der Waals surface area contributed by atoms with E-state index in [0.717, 1.165) is 16.1 Å². The lowest BCUT2D eigenvalue weighted by Crippen LogP contribution is -2.46. The zero-order chi connectivity index (χ0) is 14.1. The van der Waals surface area contributed by atoms with Crippen LogP contribution in [0.4, 0.5) is 4.39 Å². The smallest absolute Gasteiger partial charge is 0.124 e. The van der Waals surface area contributed by atoms with Crippen LogP contribution in [-0.4, -0.2) is 30.1 Å². The topological polar surface area (TPSA) is 15.3 Å². The molecule has 2 heterocycles. The van der Waals surface area contributed by atoms with Crippen molar-refractivity contribution in [3.63, 3.8) is 0 Å².